The Morgan fingerprint density at radius 3 is 2.89 bits per heavy atom. The number of amides is 1. The van der Waals surface area contributed by atoms with Crippen molar-refractivity contribution in [3.8, 4) is 5.75 Å². The average Bonchev–Trinajstić information content (AvgIpc) is 2.57. The van der Waals surface area contributed by atoms with Gasteiger partial charge in [-0.15, -0.1) is 11.6 Å². The van der Waals surface area contributed by atoms with Crippen molar-refractivity contribution < 1.29 is 9.53 Å². The predicted molar refractivity (Wildman–Crippen MR) is 71.9 cm³/mol. The minimum atomic E-state index is -0.0485. The Kier molecular flexibility index (Phi) is 4.12. The standard InChI is InChI=1S/C14H18ClNO2/c1-10(2)18-13-5-3-4-11(6-13)8-16-9-12(15)7-14(16)17/h3-6,10,12H,7-9H2,1-2H3. The molecular weight excluding hydrogens is 250 g/mol. The van der Waals surface area contributed by atoms with Crippen LogP contribution in [0.5, 0.6) is 5.75 Å². The smallest absolute Gasteiger partial charge is 0.224 e. The second-order valence-electron chi connectivity index (χ2n) is 4.89. The molecule has 1 aliphatic rings. The van der Waals surface area contributed by atoms with Crippen LogP contribution in [0.2, 0.25) is 0 Å². The van der Waals surface area contributed by atoms with Gasteiger partial charge in [0, 0.05) is 19.5 Å². The minimum Gasteiger partial charge on any atom is -0.491 e. The number of nitrogens with zero attached hydrogens (tertiary/aromatic N) is 1. The molecule has 0 radical (unpaired) electrons. The van der Waals surface area contributed by atoms with Crippen LogP contribution in [0.1, 0.15) is 25.8 Å². The third-order valence-corrected chi connectivity index (χ3v) is 3.10. The van der Waals surface area contributed by atoms with Crippen LogP contribution in [0.25, 0.3) is 0 Å². The highest BCUT2D eigenvalue weighted by molar-refractivity contribution is 6.22. The fourth-order valence-electron chi connectivity index (χ4n) is 2.09. The summed E-state index contributed by atoms with van der Waals surface area (Å²) in [6, 6.07) is 7.86. The summed E-state index contributed by atoms with van der Waals surface area (Å²) < 4.78 is 5.64. The van der Waals surface area contributed by atoms with Crippen LogP contribution in [0.3, 0.4) is 0 Å². The number of carbonyl (C=O) groups is 1. The molecule has 0 spiro atoms. The first-order valence-electron chi connectivity index (χ1n) is 6.22. The summed E-state index contributed by atoms with van der Waals surface area (Å²) in [5.41, 5.74) is 1.08. The summed E-state index contributed by atoms with van der Waals surface area (Å²) in [6.45, 7) is 5.23. The van der Waals surface area contributed by atoms with Crippen LogP contribution < -0.4 is 4.74 Å². The molecule has 0 aromatic heterocycles. The molecule has 0 aliphatic carbocycles. The SMILES string of the molecule is CC(C)Oc1cccc(CN2CC(Cl)CC2=O)c1. The van der Waals surface area contributed by atoms with E-state index in [4.69, 9.17) is 16.3 Å². The van der Waals surface area contributed by atoms with Gasteiger partial charge in [-0.3, -0.25) is 4.79 Å². The normalized spacial score (nSPS) is 19.7. The maximum Gasteiger partial charge on any atom is 0.224 e. The summed E-state index contributed by atoms with van der Waals surface area (Å²) >= 11 is 5.98. The van der Waals surface area contributed by atoms with E-state index < -0.39 is 0 Å². The van der Waals surface area contributed by atoms with Gasteiger partial charge in [-0.2, -0.15) is 0 Å². The van der Waals surface area contributed by atoms with Crippen molar-refractivity contribution in [2.45, 2.75) is 38.3 Å². The summed E-state index contributed by atoms with van der Waals surface area (Å²) in [4.78, 5) is 13.5. The Morgan fingerprint density at radius 2 is 2.28 bits per heavy atom. The molecule has 1 aliphatic heterocycles. The highest BCUT2D eigenvalue weighted by atomic mass is 35.5. The van der Waals surface area contributed by atoms with Gasteiger partial charge in [-0.25, -0.2) is 0 Å². The van der Waals surface area contributed by atoms with E-state index in [-0.39, 0.29) is 17.4 Å². The molecular formula is C14H18ClNO2. The molecule has 1 heterocycles. The molecule has 98 valence electrons. The number of halogens is 1. The van der Waals surface area contributed by atoms with Crippen LogP contribution in [0.15, 0.2) is 24.3 Å². The van der Waals surface area contributed by atoms with Crippen molar-refractivity contribution in [2.24, 2.45) is 0 Å². The molecule has 1 atom stereocenters. The molecule has 1 aromatic rings. The molecule has 2 rings (SSSR count). The molecule has 0 bridgehead atoms. The molecule has 18 heavy (non-hydrogen) atoms. The number of alkyl halides is 1. The first kappa shape index (κ1) is 13.2. The van der Waals surface area contributed by atoms with Gasteiger partial charge >= 0.3 is 0 Å². The van der Waals surface area contributed by atoms with Gasteiger partial charge in [0.1, 0.15) is 5.75 Å². The van der Waals surface area contributed by atoms with Crippen molar-refractivity contribution >= 4 is 17.5 Å². The average molecular weight is 268 g/mol. The van der Waals surface area contributed by atoms with E-state index in [0.29, 0.717) is 19.5 Å². The fraction of sp³-hybridized carbons (Fsp3) is 0.500. The zero-order valence-electron chi connectivity index (χ0n) is 10.7. The number of hydrogen-bond donors (Lipinski definition) is 0. The lowest BCUT2D eigenvalue weighted by atomic mass is 10.2. The Morgan fingerprint density at radius 1 is 1.50 bits per heavy atom. The largest absolute Gasteiger partial charge is 0.491 e. The van der Waals surface area contributed by atoms with Crippen molar-refractivity contribution in [3.63, 3.8) is 0 Å². The van der Waals surface area contributed by atoms with Crippen LogP contribution in [0, 0.1) is 0 Å². The number of ether oxygens (including phenoxy) is 1. The summed E-state index contributed by atoms with van der Waals surface area (Å²) in [5.74, 6) is 0.974. The Labute approximate surface area is 113 Å². The summed E-state index contributed by atoms with van der Waals surface area (Å²) in [5, 5.41) is -0.0485. The quantitative estimate of drug-likeness (QED) is 0.785. The molecule has 1 amide bonds. The van der Waals surface area contributed by atoms with Crippen LogP contribution in [-0.4, -0.2) is 28.8 Å². The van der Waals surface area contributed by atoms with E-state index in [1.807, 2.05) is 38.1 Å². The predicted octanol–water partition coefficient (Wildman–Crippen LogP) is 2.81. The Bertz CT molecular complexity index is 434. The highest BCUT2D eigenvalue weighted by Gasteiger charge is 2.27. The lowest BCUT2D eigenvalue weighted by molar-refractivity contribution is -0.128. The Hall–Kier alpha value is -1.22. The van der Waals surface area contributed by atoms with E-state index in [2.05, 4.69) is 0 Å². The maximum atomic E-state index is 11.7. The molecule has 3 nitrogen and oxygen atoms in total. The molecule has 0 saturated carbocycles. The first-order valence-corrected chi connectivity index (χ1v) is 6.65. The summed E-state index contributed by atoms with van der Waals surface area (Å²) in [7, 11) is 0. The van der Waals surface area contributed by atoms with Crippen LogP contribution in [0.4, 0.5) is 0 Å². The molecule has 1 fully saturated rings. The second-order valence-corrected chi connectivity index (χ2v) is 5.51. The van der Waals surface area contributed by atoms with Crippen molar-refractivity contribution in [1.82, 2.24) is 4.90 Å². The first-order chi connectivity index (χ1) is 8.54. The number of rotatable bonds is 4. The van der Waals surface area contributed by atoms with Gasteiger partial charge in [0.15, 0.2) is 0 Å². The van der Waals surface area contributed by atoms with Gasteiger partial charge in [0.25, 0.3) is 0 Å². The molecule has 1 aromatic carbocycles. The fourth-order valence-corrected chi connectivity index (χ4v) is 2.39. The molecule has 1 saturated heterocycles. The molecule has 4 heteroatoms. The third-order valence-electron chi connectivity index (χ3n) is 2.81. The van der Waals surface area contributed by atoms with Gasteiger partial charge in [-0.05, 0) is 31.5 Å². The summed E-state index contributed by atoms with van der Waals surface area (Å²) in [6.07, 6.45) is 0.602. The van der Waals surface area contributed by atoms with Gasteiger partial charge < -0.3 is 9.64 Å². The van der Waals surface area contributed by atoms with Crippen molar-refractivity contribution in [3.05, 3.63) is 29.8 Å². The highest BCUT2D eigenvalue weighted by Crippen LogP contribution is 2.21. The number of likely N-dealkylation sites (tertiary alicyclic amines) is 1. The zero-order chi connectivity index (χ0) is 13.1. The molecule has 0 N–H and O–H groups in total. The van der Waals surface area contributed by atoms with Crippen LogP contribution >= 0.6 is 11.6 Å². The monoisotopic (exact) mass is 267 g/mol. The number of hydrogen-bond acceptors (Lipinski definition) is 2. The minimum absolute atomic E-state index is 0.0485. The van der Waals surface area contributed by atoms with Crippen molar-refractivity contribution in [2.75, 3.05) is 6.54 Å². The van der Waals surface area contributed by atoms with Gasteiger partial charge in [0.2, 0.25) is 5.91 Å². The topological polar surface area (TPSA) is 29.5 Å². The van der Waals surface area contributed by atoms with E-state index >= 15 is 0 Å². The zero-order valence-corrected chi connectivity index (χ0v) is 11.5. The maximum absolute atomic E-state index is 11.7. The van der Waals surface area contributed by atoms with Gasteiger partial charge in [-0.1, -0.05) is 12.1 Å². The van der Waals surface area contributed by atoms with Gasteiger partial charge in [0.05, 0.1) is 11.5 Å². The Balaban J connectivity index is 2.03. The number of benzene rings is 1. The van der Waals surface area contributed by atoms with E-state index in [0.717, 1.165) is 11.3 Å². The van der Waals surface area contributed by atoms with E-state index in [9.17, 15) is 4.79 Å². The van der Waals surface area contributed by atoms with Crippen LogP contribution in [-0.2, 0) is 11.3 Å². The van der Waals surface area contributed by atoms with E-state index in [1.165, 1.54) is 0 Å². The lowest BCUT2D eigenvalue weighted by Gasteiger charge is -2.17. The van der Waals surface area contributed by atoms with E-state index in [1.54, 1.807) is 4.90 Å². The lowest BCUT2D eigenvalue weighted by Crippen LogP contribution is -2.24. The number of carbonyl (C=O) groups excluding carboxylic acids is 1. The third kappa shape index (κ3) is 3.39. The molecule has 1 unspecified atom stereocenters. The van der Waals surface area contributed by atoms with Crippen molar-refractivity contribution in [1.29, 1.82) is 0 Å². The second kappa shape index (κ2) is 5.61.